The van der Waals surface area contributed by atoms with Gasteiger partial charge in [0.15, 0.2) is 5.82 Å². The third-order valence-corrected chi connectivity index (χ3v) is 4.45. The molecular formula is C20H22N4O. The lowest BCUT2D eigenvalue weighted by atomic mass is 10.1. The zero-order valence-electron chi connectivity index (χ0n) is 14.2. The van der Waals surface area contributed by atoms with Crippen LogP contribution in [0.15, 0.2) is 59.2 Å². The van der Waals surface area contributed by atoms with E-state index in [0.29, 0.717) is 6.54 Å². The fourth-order valence-electron chi connectivity index (χ4n) is 3.12. The Bertz CT molecular complexity index is 796. The van der Waals surface area contributed by atoms with Gasteiger partial charge in [-0.1, -0.05) is 30.3 Å². The summed E-state index contributed by atoms with van der Waals surface area (Å²) in [5.41, 5.74) is 1.03. The largest absolute Gasteiger partial charge is 0.467 e. The monoisotopic (exact) mass is 334 g/mol. The SMILES string of the molecule is c1ccc(-c2nc(NCc3ccco3)cc(N3CCCCC3)n2)cc1. The van der Waals surface area contributed by atoms with Crippen LogP contribution in [0.5, 0.6) is 0 Å². The van der Waals surface area contributed by atoms with Crippen molar-refractivity contribution in [2.45, 2.75) is 25.8 Å². The number of hydrogen-bond donors (Lipinski definition) is 1. The predicted molar refractivity (Wildman–Crippen MR) is 99.6 cm³/mol. The lowest BCUT2D eigenvalue weighted by Gasteiger charge is -2.28. The van der Waals surface area contributed by atoms with Gasteiger partial charge in [0.25, 0.3) is 0 Å². The van der Waals surface area contributed by atoms with Crippen LogP contribution in [0.1, 0.15) is 25.0 Å². The molecule has 0 spiro atoms. The van der Waals surface area contributed by atoms with E-state index in [2.05, 4.69) is 10.2 Å². The molecule has 1 aromatic carbocycles. The molecule has 0 amide bonds. The average molecular weight is 334 g/mol. The van der Waals surface area contributed by atoms with Crippen LogP contribution in [0.4, 0.5) is 11.6 Å². The van der Waals surface area contributed by atoms with Gasteiger partial charge in [0, 0.05) is 24.7 Å². The number of furan rings is 1. The number of rotatable bonds is 5. The maximum absolute atomic E-state index is 5.40. The van der Waals surface area contributed by atoms with Crippen molar-refractivity contribution >= 4 is 11.6 Å². The Hall–Kier alpha value is -2.82. The Balaban J connectivity index is 1.64. The van der Waals surface area contributed by atoms with Gasteiger partial charge in [0.1, 0.15) is 17.4 Å². The summed E-state index contributed by atoms with van der Waals surface area (Å²) in [4.78, 5) is 11.9. The van der Waals surface area contributed by atoms with E-state index in [9.17, 15) is 0 Å². The molecule has 0 saturated carbocycles. The van der Waals surface area contributed by atoms with E-state index < -0.39 is 0 Å². The predicted octanol–water partition coefficient (Wildman–Crippen LogP) is 4.34. The molecule has 25 heavy (non-hydrogen) atoms. The summed E-state index contributed by atoms with van der Waals surface area (Å²) in [6.45, 7) is 2.73. The van der Waals surface area contributed by atoms with E-state index in [-0.39, 0.29) is 0 Å². The van der Waals surface area contributed by atoms with Gasteiger partial charge < -0.3 is 14.6 Å². The van der Waals surface area contributed by atoms with Crippen LogP contribution in [0.2, 0.25) is 0 Å². The van der Waals surface area contributed by atoms with Crippen LogP contribution < -0.4 is 10.2 Å². The second kappa shape index (κ2) is 7.38. The van der Waals surface area contributed by atoms with Crippen LogP contribution in [0.25, 0.3) is 11.4 Å². The molecule has 2 aromatic heterocycles. The third-order valence-electron chi connectivity index (χ3n) is 4.45. The number of aromatic nitrogens is 2. The maximum atomic E-state index is 5.40. The van der Waals surface area contributed by atoms with Gasteiger partial charge in [-0.15, -0.1) is 0 Å². The van der Waals surface area contributed by atoms with Crippen molar-refractivity contribution in [1.29, 1.82) is 0 Å². The van der Waals surface area contributed by atoms with Gasteiger partial charge in [0.05, 0.1) is 12.8 Å². The Kier molecular flexibility index (Phi) is 4.63. The first-order valence-corrected chi connectivity index (χ1v) is 8.84. The zero-order chi connectivity index (χ0) is 16.9. The molecule has 1 aliphatic heterocycles. The minimum atomic E-state index is 0.609. The molecule has 1 saturated heterocycles. The van der Waals surface area contributed by atoms with Gasteiger partial charge in [-0.25, -0.2) is 9.97 Å². The number of nitrogens with zero attached hydrogens (tertiary/aromatic N) is 3. The average Bonchev–Trinajstić information content (AvgIpc) is 3.21. The Morgan fingerprint density at radius 1 is 0.960 bits per heavy atom. The zero-order valence-corrected chi connectivity index (χ0v) is 14.2. The van der Waals surface area contributed by atoms with Crippen molar-refractivity contribution < 1.29 is 4.42 Å². The molecule has 5 nitrogen and oxygen atoms in total. The summed E-state index contributed by atoms with van der Waals surface area (Å²) < 4.78 is 5.40. The molecule has 0 aliphatic carbocycles. The molecule has 3 aromatic rings. The first-order chi connectivity index (χ1) is 12.4. The Morgan fingerprint density at radius 2 is 1.80 bits per heavy atom. The fraction of sp³-hybridized carbons (Fsp3) is 0.300. The van der Waals surface area contributed by atoms with E-state index in [1.54, 1.807) is 6.26 Å². The minimum Gasteiger partial charge on any atom is -0.467 e. The highest BCUT2D eigenvalue weighted by Crippen LogP contribution is 2.25. The van der Waals surface area contributed by atoms with Crippen molar-refractivity contribution in [1.82, 2.24) is 9.97 Å². The van der Waals surface area contributed by atoms with Crippen LogP contribution >= 0.6 is 0 Å². The van der Waals surface area contributed by atoms with Gasteiger partial charge in [-0.2, -0.15) is 0 Å². The van der Waals surface area contributed by atoms with Crippen LogP contribution in [0, 0.1) is 0 Å². The summed E-state index contributed by atoms with van der Waals surface area (Å²) in [6, 6.07) is 16.0. The number of anilines is 2. The van der Waals surface area contributed by atoms with Crippen molar-refractivity contribution in [2.24, 2.45) is 0 Å². The molecular weight excluding hydrogens is 312 g/mol. The van der Waals surface area contributed by atoms with Crippen LogP contribution in [0.3, 0.4) is 0 Å². The first-order valence-electron chi connectivity index (χ1n) is 8.84. The smallest absolute Gasteiger partial charge is 0.163 e. The van der Waals surface area contributed by atoms with Crippen molar-refractivity contribution in [3.63, 3.8) is 0 Å². The number of piperidine rings is 1. The highest BCUT2D eigenvalue weighted by Gasteiger charge is 2.15. The second-order valence-electron chi connectivity index (χ2n) is 6.28. The van der Waals surface area contributed by atoms with E-state index in [4.69, 9.17) is 14.4 Å². The summed E-state index contributed by atoms with van der Waals surface area (Å²) in [7, 11) is 0. The molecule has 0 atom stereocenters. The summed E-state index contributed by atoms with van der Waals surface area (Å²) in [6.07, 6.45) is 5.43. The van der Waals surface area contributed by atoms with E-state index in [0.717, 1.165) is 41.9 Å². The van der Waals surface area contributed by atoms with Crippen LogP contribution in [-0.2, 0) is 6.54 Å². The Morgan fingerprint density at radius 3 is 2.56 bits per heavy atom. The fourth-order valence-corrected chi connectivity index (χ4v) is 3.12. The molecule has 4 rings (SSSR count). The highest BCUT2D eigenvalue weighted by molar-refractivity contribution is 5.61. The van der Waals surface area contributed by atoms with Gasteiger partial charge in [-0.05, 0) is 31.4 Å². The second-order valence-corrected chi connectivity index (χ2v) is 6.28. The van der Waals surface area contributed by atoms with E-state index in [1.807, 2.05) is 48.5 Å². The molecule has 5 heteroatoms. The molecule has 1 fully saturated rings. The Labute approximate surface area is 147 Å². The summed E-state index contributed by atoms with van der Waals surface area (Å²) in [5, 5.41) is 3.37. The molecule has 1 aliphatic rings. The van der Waals surface area contributed by atoms with Crippen molar-refractivity contribution in [3.05, 3.63) is 60.6 Å². The van der Waals surface area contributed by atoms with Crippen molar-refractivity contribution in [3.8, 4) is 11.4 Å². The summed E-state index contributed by atoms with van der Waals surface area (Å²) in [5.74, 6) is 3.46. The van der Waals surface area contributed by atoms with Crippen LogP contribution in [-0.4, -0.2) is 23.1 Å². The molecule has 0 unspecified atom stereocenters. The first kappa shape index (κ1) is 15.7. The topological polar surface area (TPSA) is 54.2 Å². The molecule has 0 radical (unpaired) electrons. The molecule has 3 heterocycles. The van der Waals surface area contributed by atoms with E-state index in [1.165, 1.54) is 19.3 Å². The van der Waals surface area contributed by atoms with Crippen molar-refractivity contribution in [2.75, 3.05) is 23.3 Å². The lowest BCUT2D eigenvalue weighted by Crippen LogP contribution is -2.30. The quantitative estimate of drug-likeness (QED) is 0.752. The normalized spacial score (nSPS) is 14.5. The maximum Gasteiger partial charge on any atom is 0.163 e. The number of benzene rings is 1. The molecule has 0 bridgehead atoms. The number of hydrogen-bond acceptors (Lipinski definition) is 5. The summed E-state index contributed by atoms with van der Waals surface area (Å²) >= 11 is 0. The highest BCUT2D eigenvalue weighted by atomic mass is 16.3. The van der Waals surface area contributed by atoms with Gasteiger partial charge in [-0.3, -0.25) is 0 Å². The molecule has 1 N–H and O–H groups in total. The minimum absolute atomic E-state index is 0.609. The lowest BCUT2D eigenvalue weighted by molar-refractivity contribution is 0.518. The standard InChI is InChI=1S/C20H22N4O/c1-3-8-16(9-4-1)20-22-18(21-15-17-10-7-13-25-17)14-19(23-20)24-11-5-2-6-12-24/h1,3-4,7-10,13-14H,2,5-6,11-12,15H2,(H,21,22,23). The number of nitrogens with one attached hydrogen (secondary N) is 1. The third kappa shape index (κ3) is 3.82. The van der Waals surface area contributed by atoms with Gasteiger partial charge in [0.2, 0.25) is 0 Å². The van der Waals surface area contributed by atoms with E-state index >= 15 is 0 Å². The molecule has 128 valence electrons. The van der Waals surface area contributed by atoms with Gasteiger partial charge >= 0.3 is 0 Å².